The number of aryl methyl sites for hydroxylation is 1. The monoisotopic (exact) mass is 286 g/mol. The molecule has 1 aromatic carbocycles. The summed E-state index contributed by atoms with van der Waals surface area (Å²) in [6.45, 7) is 8.21. The normalized spacial score (nSPS) is 21.7. The van der Waals surface area contributed by atoms with E-state index in [1.165, 1.54) is 0 Å². The summed E-state index contributed by atoms with van der Waals surface area (Å²) >= 11 is 0. The minimum absolute atomic E-state index is 0.0237. The van der Waals surface area contributed by atoms with Crippen molar-refractivity contribution in [3.05, 3.63) is 30.0 Å². The molecule has 0 radical (unpaired) electrons. The average Bonchev–Trinajstić information content (AvgIpc) is 2.46. The number of fused-ring (bicyclic) bond motifs is 1. The van der Waals surface area contributed by atoms with E-state index in [-0.39, 0.29) is 11.7 Å². The van der Waals surface area contributed by atoms with Gasteiger partial charge in [0.1, 0.15) is 0 Å². The maximum atomic E-state index is 6.00. The summed E-state index contributed by atoms with van der Waals surface area (Å²) in [6.07, 6.45) is 0.0237. The van der Waals surface area contributed by atoms with Crippen LogP contribution in [0.25, 0.3) is 10.8 Å². The maximum Gasteiger partial charge on any atom is 0.159 e. The van der Waals surface area contributed by atoms with Gasteiger partial charge < -0.3 is 15.4 Å². The number of rotatable bonds is 2. The number of nitrogens with two attached hydrogens (primary N) is 1. The highest BCUT2D eigenvalue weighted by atomic mass is 16.5. The van der Waals surface area contributed by atoms with Gasteiger partial charge in [-0.25, -0.2) is 0 Å². The van der Waals surface area contributed by atoms with Crippen LogP contribution in [0.5, 0.6) is 0 Å². The van der Waals surface area contributed by atoms with Gasteiger partial charge in [0.05, 0.1) is 17.4 Å². The van der Waals surface area contributed by atoms with Crippen LogP contribution in [0.3, 0.4) is 0 Å². The molecule has 1 unspecified atom stereocenters. The minimum Gasteiger partial charge on any atom is -0.367 e. The molecule has 2 aromatic rings. The van der Waals surface area contributed by atoms with E-state index in [0.717, 1.165) is 35.4 Å². The Morgan fingerprint density at radius 1 is 1.29 bits per heavy atom. The quantitative estimate of drug-likeness (QED) is 0.913. The van der Waals surface area contributed by atoms with Crippen molar-refractivity contribution < 1.29 is 4.74 Å². The number of morpholine rings is 1. The van der Waals surface area contributed by atoms with Gasteiger partial charge in [0.2, 0.25) is 0 Å². The van der Waals surface area contributed by atoms with E-state index >= 15 is 0 Å². The number of benzene rings is 1. The molecule has 1 fully saturated rings. The van der Waals surface area contributed by atoms with Gasteiger partial charge in [0.25, 0.3) is 0 Å². The summed E-state index contributed by atoms with van der Waals surface area (Å²) in [6, 6.07) is 8.27. The molecule has 0 aliphatic carbocycles. The van der Waals surface area contributed by atoms with E-state index < -0.39 is 0 Å². The number of hydrogen-bond donors (Lipinski definition) is 1. The van der Waals surface area contributed by atoms with Crippen LogP contribution in [0.4, 0.5) is 5.82 Å². The molecule has 0 saturated carbocycles. The Morgan fingerprint density at radius 3 is 2.71 bits per heavy atom. The molecule has 3 rings (SSSR count). The van der Waals surface area contributed by atoms with E-state index in [4.69, 9.17) is 10.5 Å². The summed E-state index contributed by atoms with van der Waals surface area (Å²) < 4.78 is 6.00. The molecule has 5 nitrogen and oxygen atoms in total. The predicted octanol–water partition coefficient (Wildman–Crippen LogP) is 1.88. The fourth-order valence-corrected chi connectivity index (χ4v) is 3.04. The Balaban J connectivity index is 2.05. The first-order chi connectivity index (χ1) is 10.00. The van der Waals surface area contributed by atoms with Crippen LogP contribution in [0.2, 0.25) is 0 Å². The lowest BCUT2D eigenvalue weighted by Crippen LogP contribution is -2.55. The number of hydrogen-bond acceptors (Lipinski definition) is 5. The molecule has 1 atom stereocenters. The number of anilines is 1. The van der Waals surface area contributed by atoms with Gasteiger partial charge in [-0.05, 0) is 20.8 Å². The second kappa shape index (κ2) is 5.24. The highest BCUT2D eigenvalue weighted by molar-refractivity contribution is 5.93. The van der Waals surface area contributed by atoms with E-state index in [0.29, 0.717) is 6.54 Å². The Hall–Kier alpha value is -1.72. The Labute approximate surface area is 125 Å². The number of nitrogens with zero attached hydrogens (tertiary/aromatic N) is 3. The molecule has 2 N–H and O–H groups in total. The van der Waals surface area contributed by atoms with Crippen molar-refractivity contribution in [3.63, 3.8) is 0 Å². The summed E-state index contributed by atoms with van der Waals surface area (Å²) in [5.74, 6) is 0.922. The van der Waals surface area contributed by atoms with E-state index in [1.54, 1.807) is 0 Å². The molecule has 0 bridgehead atoms. The third-order valence-electron chi connectivity index (χ3n) is 3.90. The van der Waals surface area contributed by atoms with Gasteiger partial charge in [-0.15, -0.1) is 5.10 Å². The summed E-state index contributed by atoms with van der Waals surface area (Å²) in [7, 11) is 0. The first-order valence-electron chi connectivity index (χ1n) is 7.35. The number of aromatic nitrogens is 2. The fraction of sp³-hybridized carbons (Fsp3) is 0.500. The highest BCUT2D eigenvalue weighted by Crippen LogP contribution is 2.30. The van der Waals surface area contributed by atoms with Crippen LogP contribution in [-0.4, -0.2) is 41.5 Å². The lowest BCUT2D eigenvalue weighted by molar-refractivity contribution is -0.0789. The van der Waals surface area contributed by atoms with E-state index in [9.17, 15) is 0 Å². The SMILES string of the molecule is Cc1nnc(N2CC(CN)OC(C)(C)C2)c2ccccc12. The smallest absolute Gasteiger partial charge is 0.159 e. The zero-order valence-corrected chi connectivity index (χ0v) is 12.8. The lowest BCUT2D eigenvalue weighted by Gasteiger charge is -2.43. The molecule has 5 heteroatoms. The van der Waals surface area contributed by atoms with Gasteiger partial charge in [-0.1, -0.05) is 24.3 Å². The van der Waals surface area contributed by atoms with Crippen LogP contribution >= 0.6 is 0 Å². The van der Waals surface area contributed by atoms with Gasteiger partial charge in [0, 0.05) is 30.4 Å². The van der Waals surface area contributed by atoms with Crippen LogP contribution in [-0.2, 0) is 4.74 Å². The first kappa shape index (κ1) is 14.2. The van der Waals surface area contributed by atoms with Crippen molar-refractivity contribution in [2.75, 3.05) is 24.5 Å². The van der Waals surface area contributed by atoms with E-state index in [2.05, 4.69) is 41.1 Å². The molecule has 112 valence electrons. The van der Waals surface area contributed by atoms with Crippen molar-refractivity contribution in [2.24, 2.45) is 5.73 Å². The average molecular weight is 286 g/mol. The maximum absolute atomic E-state index is 6.00. The topological polar surface area (TPSA) is 64.3 Å². The molecule has 1 saturated heterocycles. The van der Waals surface area contributed by atoms with Crippen LogP contribution in [0, 0.1) is 6.92 Å². The largest absolute Gasteiger partial charge is 0.367 e. The molecular formula is C16H22N4O. The van der Waals surface area contributed by atoms with Crippen molar-refractivity contribution >= 4 is 16.6 Å². The zero-order valence-electron chi connectivity index (χ0n) is 12.8. The van der Waals surface area contributed by atoms with Crippen LogP contribution in [0.15, 0.2) is 24.3 Å². The predicted molar refractivity (Wildman–Crippen MR) is 84.5 cm³/mol. The fourth-order valence-electron chi connectivity index (χ4n) is 3.04. The van der Waals surface area contributed by atoms with Gasteiger partial charge >= 0.3 is 0 Å². The third-order valence-corrected chi connectivity index (χ3v) is 3.90. The Morgan fingerprint density at radius 2 is 2.00 bits per heavy atom. The van der Waals surface area contributed by atoms with Gasteiger partial charge in [-0.3, -0.25) is 0 Å². The van der Waals surface area contributed by atoms with Crippen molar-refractivity contribution in [2.45, 2.75) is 32.5 Å². The summed E-state index contributed by atoms with van der Waals surface area (Å²) in [5.41, 5.74) is 6.53. The molecular weight excluding hydrogens is 264 g/mol. The molecule has 2 heterocycles. The van der Waals surface area contributed by atoms with Crippen LogP contribution in [0.1, 0.15) is 19.5 Å². The third kappa shape index (κ3) is 2.71. The standard InChI is InChI=1S/C16H22N4O/c1-11-13-6-4-5-7-14(13)15(19-18-11)20-9-12(8-17)21-16(2,3)10-20/h4-7,12H,8-10,17H2,1-3H3. The summed E-state index contributed by atoms with van der Waals surface area (Å²) in [4.78, 5) is 2.25. The molecule has 21 heavy (non-hydrogen) atoms. The van der Waals surface area contributed by atoms with Gasteiger partial charge in [-0.2, -0.15) is 5.10 Å². The summed E-state index contributed by atoms with van der Waals surface area (Å²) in [5, 5.41) is 11.0. The first-order valence-corrected chi connectivity index (χ1v) is 7.35. The molecule has 1 aliphatic heterocycles. The van der Waals surface area contributed by atoms with Crippen molar-refractivity contribution in [3.8, 4) is 0 Å². The van der Waals surface area contributed by atoms with E-state index in [1.807, 2.05) is 19.1 Å². The van der Waals surface area contributed by atoms with Crippen molar-refractivity contribution in [1.29, 1.82) is 0 Å². The highest BCUT2D eigenvalue weighted by Gasteiger charge is 2.34. The molecule has 1 aliphatic rings. The molecule has 1 aromatic heterocycles. The Kier molecular flexibility index (Phi) is 3.55. The van der Waals surface area contributed by atoms with Crippen molar-refractivity contribution in [1.82, 2.24) is 10.2 Å². The zero-order chi connectivity index (χ0) is 15.0. The number of ether oxygens (including phenoxy) is 1. The van der Waals surface area contributed by atoms with Gasteiger partial charge in [0.15, 0.2) is 5.82 Å². The Bertz CT molecular complexity index is 656. The second-order valence-electron chi connectivity index (χ2n) is 6.27. The minimum atomic E-state index is -0.240. The molecule has 0 spiro atoms. The van der Waals surface area contributed by atoms with Crippen LogP contribution < -0.4 is 10.6 Å². The molecule has 0 amide bonds. The lowest BCUT2D eigenvalue weighted by atomic mass is 10.0. The second-order valence-corrected chi connectivity index (χ2v) is 6.27.